The van der Waals surface area contributed by atoms with Gasteiger partial charge in [0.2, 0.25) is 0 Å². The molecule has 0 heterocycles. The zero-order chi connectivity index (χ0) is 16.6. The highest BCUT2D eigenvalue weighted by Crippen LogP contribution is 2.14. The van der Waals surface area contributed by atoms with E-state index in [-0.39, 0.29) is 6.42 Å². The van der Waals surface area contributed by atoms with Crippen LogP contribution in [-0.4, -0.2) is 23.1 Å². The second-order valence-corrected chi connectivity index (χ2v) is 6.15. The van der Waals surface area contributed by atoms with Crippen molar-refractivity contribution in [1.29, 1.82) is 0 Å². The van der Waals surface area contributed by atoms with Crippen LogP contribution in [0.5, 0.6) is 0 Å². The molecule has 0 aliphatic heterocycles. The Morgan fingerprint density at radius 1 is 0.864 bits per heavy atom. The zero-order valence-electron chi connectivity index (χ0n) is 14.4. The summed E-state index contributed by atoms with van der Waals surface area (Å²) in [5.41, 5.74) is 0. The number of carbonyl (C=O) groups excluding carboxylic acids is 1. The van der Waals surface area contributed by atoms with Crippen molar-refractivity contribution in [1.82, 2.24) is 0 Å². The van der Waals surface area contributed by atoms with Crippen molar-refractivity contribution in [2.24, 2.45) is 0 Å². The molecular formula is C18H34O4. The van der Waals surface area contributed by atoms with Crippen molar-refractivity contribution in [3.05, 3.63) is 0 Å². The Balaban J connectivity index is 3.45. The number of carbonyl (C=O) groups is 2. The lowest BCUT2D eigenvalue weighted by atomic mass is 10.0. The smallest absolute Gasteiger partial charge is 0.307 e. The number of carboxylic acids is 1. The average molecular weight is 314 g/mol. The van der Waals surface area contributed by atoms with Crippen LogP contribution in [-0.2, 0) is 14.3 Å². The lowest BCUT2D eigenvalue weighted by Gasteiger charge is -2.14. The fourth-order valence-electron chi connectivity index (χ4n) is 2.67. The summed E-state index contributed by atoms with van der Waals surface area (Å²) in [6.45, 7) is 3.57. The van der Waals surface area contributed by atoms with Gasteiger partial charge in [-0.15, -0.1) is 0 Å². The van der Waals surface area contributed by atoms with Crippen LogP contribution in [0.15, 0.2) is 0 Å². The Bertz CT molecular complexity index is 273. The highest BCUT2D eigenvalue weighted by Gasteiger charge is 2.15. The molecule has 0 aromatic carbocycles. The van der Waals surface area contributed by atoms with E-state index in [0.717, 1.165) is 12.8 Å². The molecule has 1 atom stereocenters. The number of ether oxygens (including phenoxy) is 1. The fourth-order valence-corrected chi connectivity index (χ4v) is 2.67. The van der Waals surface area contributed by atoms with Gasteiger partial charge in [-0.3, -0.25) is 9.59 Å². The van der Waals surface area contributed by atoms with E-state index < -0.39 is 18.0 Å². The normalized spacial score (nSPS) is 12.1. The molecule has 0 saturated carbocycles. The summed E-state index contributed by atoms with van der Waals surface area (Å²) in [5, 5.41) is 8.78. The quantitative estimate of drug-likeness (QED) is 0.337. The van der Waals surface area contributed by atoms with Crippen molar-refractivity contribution in [3.63, 3.8) is 0 Å². The van der Waals surface area contributed by atoms with Crippen molar-refractivity contribution in [3.8, 4) is 0 Å². The molecule has 0 saturated heterocycles. The third-order valence-electron chi connectivity index (χ3n) is 3.86. The van der Waals surface area contributed by atoms with Gasteiger partial charge in [0.25, 0.3) is 0 Å². The zero-order valence-corrected chi connectivity index (χ0v) is 14.4. The predicted octanol–water partition coefficient (Wildman–Crippen LogP) is 5.09. The second kappa shape index (κ2) is 14.9. The van der Waals surface area contributed by atoms with Gasteiger partial charge >= 0.3 is 11.9 Å². The Hall–Kier alpha value is -1.06. The minimum absolute atomic E-state index is 0.0860. The molecular weight excluding hydrogens is 280 g/mol. The fraction of sp³-hybridized carbons (Fsp3) is 0.889. The van der Waals surface area contributed by atoms with Gasteiger partial charge < -0.3 is 9.84 Å². The first kappa shape index (κ1) is 20.9. The minimum Gasteiger partial charge on any atom is -0.481 e. The van der Waals surface area contributed by atoms with Crippen LogP contribution in [0.4, 0.5) is 0 Å². The van der Waals surface area contributed by atoms with Gasteiger partial charge in [-0.2, -0.15) is 0 Å². The van der Waals surface area contributed by atoms with Crippen LogP contribution in [0.3, 0.4) is 0 Å². The molecule has 0 aliphatic carbocycles. The molecule has 0 aliphatic rings. The molecule has 0 fully saturated rings. The average Bonchev–Trinajstić information content (AvgIpc) is 2.43. The van der Waals surface area contributed by atoms with Gasteiger partial charge in [-0.25, -0.2) is 0 Å². The summed E-state index contributed by atoms with van der Waals surface area (Å²) < 4.78 is 5.03. The summed E-state index contributed by atoms with van der Waals surface area (Å²) >= 11 is 0. The molecule has 0 aromatic heterocycles. The van der Waals surface area contributed by atoms with Crippen LogP contribution in [0.1, 0.15) is 97.3 Å². The molecule has 0 radical (unpaired) electrons. The lowest BCUT2D eigenvalue weighted by Crippen LogP contribution is -2.20. The van der Waals surface area contributed by atoms with E-state index in [0.29, 0.717) is 6.42 Å². The number of carboxylic acid groups (broad SMARTS) is 1. The third-order valence-corrected chi connectivity index (χ3v) is 3.86. The van der Waals surface area contributed by atoms with Crippen molar-refractivity contribution < 1.29 is 19.4 Å². The SMILES string of the molecule is CCCCCCCCCCCCCC(CC(=O)O)OC(C)=O. The summed E-state index contributed by atoms with van der Waals surface area (Å²) in [6.07, 6.45) is 14.0. The third kappa shape index (κ3) is 15.3. The van der Waals surface area contributed by atoms with Gasteiger partial charge in [0.05, 0.1) is 6.42 Å². The van der Waals surface area contributed by atoms with Gasteiger partial charge in [0.15, 0.2) is 0 Å². The van der Waals surface area contributed by atoms with Crippen LogP contribution >= 0.6 is 0 Å². The first-order valence-electron chi connectivity index (χ1n) is 8.95. The Labute approximate surface area is 135 Å². The van der Waals surface area contributed by atoms with Gasteiger partial charge in [-0.05, 0) is 12.8 Å². The summed E-state index contributed by atoms with van der Waals surface area (Å²) in [5.74, 6) is -1.30. The molecule has 130 valence electrons. The second-order valence-electron chi connectivity index (χ2n) is 6.15. The van der Waals surface area contributed by atoms with Crippen molar-refractivity contribution in [2.75, 3.05) is 0 Å². The Morgan fingerprint density at radius 2 is 1.32 bits per heavy atom. The number of rotatable bonds is 15. The molecule has 22 heavy (non-hydrogen) atoms. The van der Waals surface area contributed by atoms with E-state index in [9.17, 15) is 9.59 Å². The minimum atomic E-state index is -0.908. The number of hydrogen-bond acceptors (Lipinski definition) is 3. The molecule has 4 nitrogen and oxygen atoms in total. The molecule has 1 unspecified atom stereocenters. The molecule has 0 amide bonds. The number of unbranched alkanes of at least 4 members (excludes halogenated alkanes) is 10. The van der Waals surface area contributed by atoms with E-state index in [1.165, 1.54) is 64.7 Å². The molecule has 0 spiro atoms. The van der Waals surface area contributed by atoms with Gasteiger partial charge in [-0.1, -0.05) is 71.1 Å². The maximum absolute atomic E-state index is 10.9. The maximum atomic E-state index is 10.9. The number of aliphatic carboxylic acids is 1. The Kier molecular flexibility index (Phi) is 14.1. The van der Waals surface area contributed by atoms with Crippen LogP contribution in [0.2, 0.25) is 0 Å². The summed E-state index contributed by atoms with van der Waals surface area (Å²) in [4.78, 5) is 21.6. The highest BCUT2D eigenvalue weighted by atomic mass is 16.5. The summed E-state index contributed by atoms with van der Waals surface area (Å²) in [7, 11) is 0. The van der Waals surface area contributed by atoms with Crippen LogP contribution in [0.25, 0.3) is 0 Å². The van der Waals surface area contributed by atoms with E-state index in [4.69, 9.17) is 9.84 Å². The molecule has 0 bridgehead atoms. The highest BCUT2D eigenvalue weighted by molar-refractivity contribution is 5.69. The molecule has 4 heteroatoms. The van der Waals surface area contributed by atoms with E-state index in [1.807, 2.05) is 0 Å². The van der Waals surface area contributed by atoms with E-state index in [1.54, 1.807) is 0 Å². The van der Waals surface area contributed by atoms with Crippen molar-refractivity contribution in [2.45, 2.75) is 103 Å². The molecule has 0 rings (SSSR count). The van der Waals surface area contributed by atoms with Crippen LogP contribution in [0, 0.1) is 0 Å². The molecule has 1 N–H and O–H groups in total. The predicted molar refractivity (Wildman–Crippen MR) is 88.9 cm³/mol. The van der Waals surface area contributed by atoms with Gasteiger partial charge in [0.1, 0.15) is 6.10 Å². The largest absolute Gasteiger partial charge is 0.481 e. The molecule has 0 aromatic rings. The number of hydrogen-bond donors (Lipinski definition) is 1. The Morgan fingerprint density at radius 3 is 1.73 bits per heavy atom. The summed E-state index contributed by atoms with van der Waals surface area (Å²) in [6, 6.07) is 0. The standard InChI is InChI=1S/C18H34O4/c1-3-4-5-6-7-8-9-10-11-12-13-14-17(15-18(20)21)22-16(2)19/h17H,3-15H2,1-2H3,(H,20,21). The van der Waals surface area contributed by atoms with E-state index >= 15 is 0 Å². The topological polar surface area (TPSA) is 63.6 Å². The number of esters is 1. The van der Waals surface area contributed by atoms with Crippen LogP contribution < -0.4 is 0 Å². The first-order chi connectivity index (χ1) is 10.6. The van der Waals surface area contributed by atoms with E-state index in [2.05, 4.69) is 6.92 Å². The monoisotopic (exact) mass is 314 g/mol. The maximum Gasteiger partial charge on any atom is 0.307 e. The lowest BCUT2D eigenvalue weighted by molar-refractivity contribution is -0.151. The van der Waals surface area contributed by atoms with Crippen molar-refractivity contribution >= 4 is 11.9 Å². The first-order valence-corrected chi connectivity index (χ1v) is 8.95. The van der Waals surface area contributed by atoms with Gasteiger partial charge in [0, 0.05) is 6.92 Å².